The zero-order valence-electron chi connectivity index (χ0n) is 18.1. The largest absolute Gasteiger partial charge is 0.497 e. The van der Waals surface area contributed by atoms with Crippen molar-refractivity contribution < 1.29 is 32.5 Å². The van der Waals surface area contributed by atoms with E-state index in [1.165, 1.54) is 20.3 Å². The molecule has 2 aromatic carbocycles. The third kappa shape index (κ3) is 6.27. The molecule has 170 valence electrons. The fourth-order valence-electron chi connectivity index (χ4n) is 2.91. The maximum atomic E-state index is 12.7. The zero-order valence-corrected chi connectivity index (χ0v) is 18.1. The van der Waals surface area contributed by atoms with Gasteiger partial charge < -0.3 is 34.3 Å². The molecule has 0 aromatic heterocycles. The minimum Gasteiger partial charge on any atom is -0.497 e. The molecule has 0 saturated heterocycles. The highest BCUT2D eigenvalue weighted by molar-refractivity contribution is 5.79. The molecule has 2 aromatic rings. The number of hydrogen-bond acceptors (Lipinski definition) is 6. The van der Waals surface area contributed by atoms with Crippen molar-refractivity contribution in [2.24, 2.45) is 4.99 Å². The molecule has 0 aliphatic rings. The van der Waals surface area contributed by atoms with Crippen LogP contribution < -0.4 is 34.3 Å². The Hall–Kier alpha value is -3.43. The Bertz CT molecular complexity index is 894. The van der Waals surface area contributed by atoms with E-state index in [2.05, 4.69) is 20.4 Å². The van der Waals surface area contributed by atoms with Gasteiger partial charge in [0.05, 0.1) is 28.4 Å². The number of nitrogens with zero attached hydrogens (tertiary/aromatic N) is 1. The lowest BCUT2D eigenvalue weighted by atomic mass is 10.1. The Kier molecular flexibility index (Phi) is 8.98. The summed E-state index contributed by atoms with van der Waals surface area (Å²) in [5.41, 5.74) is 1.30. The molecular weight excluding hydrogens is 412 g/mol. The molecule has 10 heteroatoms. The molecule has 2 rings (SSSR count). The van der Waals surface area contributed by atoms with Gasteiger partial charge in [0.25, 0.3) is 0 Å². The molecule has 31 heavy (non-hydrogen) atoms. The highest BCUT2D eigenvalue weighted by atomic mass is 19.3. The SMILES string of the molecule is CN=C(NCc1cc(OC)ccc1OC(F)F)NCc1ccc(OC)c(OC)c1OC. The maximum Gasteiger partial charge on any atom is 0.387 e. The number of hydrogen-bond donors (Lipinski definition) is 2. The summed E-state index contributed by atoms with van der Waals surface area (Å²) in [7, 11) is 7.72. The Labute approximate surface area is 180 Å². The quantitative estimate of drug-likeness (QED) is 0.435. The van der Waals surface area contributed by atoms with Crippen molar-refractivity contribution in [1.29, 1.82) is 0 Å². The minimum atomic E-state index is -2.93. The van der Waals surface area contributed by atoms with Crippen LogP contribution in [-0.2, 0) is 13.1 Å². The lowest BCUT2D eigenvalue weighted by Crippen LogP contribution is -2.36. The fraction of sp³-hybridized carbons (Fsp3) is 0.381. The number of rotatable bonds is 10. The van der Waals surface area contributed by atoms with Crippen molar-refractivity contribution >= 4 is 5.96 Å². The number of ether oxygens (including phenoxy) is 5. The summed E-state index contributed by atoms with van der Waals surface area (Å²) in [6.07, 6.45) is 0. The molecule has 0 bridgehead atoms. The topological polar surface area (TPSA) is 82.6 Å². The maximum absolute atomic E-state index is 12.7. The van der Waals surface area contributed by atoms with E-state index in [1.807, 2.05) is 6.07 Å². The average molecular weight is 439 g/mol. The van der Waals surface area contributed by atoms with Crippen LogP contribution in [0, 0.1) is 0 Å². The molecular formula is C21H27F2N3O5. The Morgan fingerprint density at radius 3 is 2.03 bits per heavy atom. The van der Waals surface area contributed by atoms with Crippen molar-refractivity contribution in [1.82, 2.24) is 10.6 Å². The first-order chi connectivity index (χ1) is 15.0. The van der Waals surface area contributed by atoms with Crippen LogP contribution >= 0.6 is 0 Å². The van der Waals surface area contributed by atoms with E-state index >= 15 is 0 Å². The van der Waals surface area contributed by atoms with Crippen LogP contribution in [0.5, 0.6) is 28.7 Å². The standard InChI is InChI=1S/C21H27F2N3O5/c1-24-21(25-11-13-6-8-17(28-3)19(30-5)18(13)29-4)26-12-14-10-15(27-2)7-9-16(14)31-20(22)23/h6-10,20H,11-12H2,1-5H3,(H2,24,25,26). The molecule has 0 aliphatic carbocycles. The zero-order chi connectivity index (χ0) is 22.8. The first kappa shape index (κ1) is 23.8. The Morgan fingerprint density at radius 1 is 0.839 bits per heavy atom. The molecule has 8 nitrogen and oxygen atoms in total. The fourth-order valence-corrected chi connectivity index (χ4v) is 2.91. The van der Waals surface area contributed by atoms with E-state index in [1.54, 1.807) is 39.5 Å². The van der Waals surface area contributed by atoms with Crippen LogP contribution in [0.25, 0.3) is 0 Å². The summed E-state index contributed by atoms with van der Waals surface area (Å²) in [4.78, 5) is 4.16. The molecule has 0 heterocycles. The lowest BCUT2D eigenvalue weighted by Gasteiger charge is -2.18. The molecule has 0 atom stereocenters. The molecule has 0 saturated carbocycles. The normalized spacial score (nSPS) is 11.2. The van der Waals surface area contributed by atoms with Crippen LogP contribution in [0.1, 0.15) is 11.1 Å². The van der Waals surface area contributed by atoms with Crippen LogP contribution in [0.2, 0.25) is 0 Å². The monoisotopic (exact) mass is 439 g/mol. The van der Waals surface area contributed by atoms with Crippen LogP contribution in [-0.4, -0.2) is 48.1 Å². The third-order valence-corrected chi connectivity index (χ3v) is 4.39. The summed E-state index contributed by atoms with van der Waals surface area (Å²) in [5, 5.41) is 6.22. The van der Waals surface area contributed by atoms with E-state index < -0.39 is 6.61 Å². The second kappa shape index (κ2) is 11.7. The summed E-state index contributed by atoms with van der Waals surface area (Å²) >= 11 is 0. The highest BCUT2D eigenvalue weighted by Gasteiger charge is 2.16. The second-order valence-electron chi connectivity index (χ2n) is 6.12. The Morgan fingerprint density at radius 2 is 1.48 bits per heavy atom. The van der Waals surface area contributed by atoms with Gasteiger partial charge in [0.1, 0.15) is 11.5 Å². The summed E-state index contributed by atoms with van der Waals surface area (Å²) in [6.45, 7) is -2.38. The van der Waals surface area contributed by atoms with Gasteiger partial charge in [0.15, 0.2) is 17.5 Å². The highest BCUT2D eigenvalue weighted by Crippen LogP contribution is 2.39. The smallest absolute Gasteiger partial charge is 0.387 e. The van der Waals surface area contributed by atoms with E-state index in [0.717, 1.165) is 5.56 Å². The number of nitrogens with one attached hydrogen (secondary N) is 2. The van der Waals surface area contributed by atoms with Gasteiger partial charge in [-0.2, -0.15) is 8.78 Å². The number of benzene rings is 2. The van der Waals surface area contributed by atoms with Gasteiger partial charge in [-0.15, -0.1) is 0 Å². The van der Waals surface area contributed by atoms with Gasteiger partial charge in [0, 0.05) is 31.3 Å². The third-order valence-electron chi connectivity index (χ3n) is 4.39. The molecule has 0 fully saturated rings. The van der Waals surface area contributed by atoms with E-state index in [9.17, 15) is 8.78 Å². The molecule has 0 amide bonds. The van der Waals surface area contributed by atoms with Gasteiger partial charge in [-0.25, -0.2) is 0 Å². The number of halogens is 2. The predicted molar refractivity (Wildman–Crippen MR) is 113 cm³/mol. The van der Waals surface area contributed by atoms with Crippen molar-refractivity contribution in [2.75, 3.05) is 35.5 Å². The van der Waals surface area contributed by atoms with Crippen molar-refractivity contribution in [3.63, 3.8) is 0 Å². The van der Waals surface area contributed by atoms with Crippen LogP contribution in [0.3, 0.4) is 0 Å². The molecule has 0 aliphatic heterocycles. The minimum absolute atomic E-state index is 0.0558. The number of guanidine groups is 1. The van der Waals surface area contributed by atoms with Crippen molar-refractivity contribution in [3.8, 4) is 28.7 Å². The summed E-state index contributed by atoms with van der Waals surface area (Å²) < 4.78 is 51.3. The lowest BCUT2D eigenvalue weighted by molar-refractivity contribution is -0.0505. The van der Waals surface area contributed by atoms with Gasteiger partial charge >= 0.3 is 6.61 Å². The van der Waals surface area contributed by atoms with E-state index in [0.29, 0.717) is 41.1 Å². The van der Waals surface area contributed by atoms with Gasteiger partial charge in [0.2, 0.25) is 5.75 Å². The molecule has 0 unspecified atom stereocenters. The molecule has 0 radical (unpaired) electrons. The van der Waals surface area contributed by atoms with Gasteiger partial charge in [-0.3, -0.25) is 4.99 Å². The average Bonchev–Trinajstić information content (AvgIpc) is 2.78. The number of alkyl halides is 2. The number of methoxy groups -OCH3 is 4. The van der Waals surface area contributed by atoms with Crippen molar-refractivity contribution in [3.05, 3.63) is 41.5 Å². The van der Waals surface area contributed by atoms with Crippen molar-refractivity contribution in [2.45, 2.75) is 19.7 Å². The van der Waals surface area contributed by atoms with Gasteiger partial charge in [-0.05, 0) is 30.3 Å². The summed E-state index contributed by atoms with van der Waals surface area (Å²) in [5.74, 6) is 2.59. The predicted octanol–water partition coefficient (Wildman–Crippen LogP) is 3.19. The Balaban J connectivity index is 2.11. The van der Waals surface area contributed by atoms with Gasteiger partial charge in [-0.1, -0.05) is 0 Å². The van der Waals surface area contributed by atoms with E-state index in [-0.39, 0.29) is 12.3 Å². The molecule has 2 N–H and O–H groups in total. The molecule has 0 spiro atoms. The number of aliphatic imine (C=N–C) groups is 1. The van der Waals surface area contributed by atoms with E-state index in [4.69, 9.17) is 18.9 Å². The van der Waals surface area contributed by atoms with Crippen LogP contribution in [0.4, 0.5) is 8.78 Å². The second-order valence-corrected chi connectivity index (χ2v) is 6.12. The first-order valence-corrected chi connectivity index (χ1v) is 9.31. The first-order valence-electron chi connectivity index (χ1n) is 9.31. The van der Waals surface area contributed by atoms with Crippen LogP contribution in [0.15, 0.2) is 35.3 Å². The summed E-state index contributed by atoms with van der Waals surface area (Å²) in [6, 6.07) is 8.23.